The van der Waals surface area contributed by atoms with Crippen LogP contribution in [0.1, 0.15) is 30.1 Å². The van der Waals surface area contributed by atoms with Gasteiger partial charge in [-0.05, 0) is 49.0 Å². The number of hydrogen-bond donors (Lipinski definition) is 2. The maximum atomic E-state index is 12.5. The highest BCUT2D eigenvalue weighted by Gasteiger charge is 2.14. The number of ether oxygens (including phenoxy) is 1. The van der Waals surface area contributed by atoms with E-state index in [0.717, 1.165) is 12.8 Å². The molecule has 4 nitrogen and oxygen atoms in total. The molecule has 0 aliphatic carbocycles. The molecule has 0 radical (unpaired) electrons. The Morgan fingerprint density at radius 2 is 1.96 bits per heavy atom. The van der Waals surface area contributed by atoms with Crippen molar-refractivity contribution in [1.29, 1.82) is 0 Å². The maximum absolute atomic E-state index is 12.5. The zero-order chi connectivity index (χ0) is 18.2. The molecule has 0 aliphatic heterocycles. The first kappa shape index (κ1) is 19.5. The summed E-state index contributed by atoms with van der Waals surface area (Å²) in [5.74, 6) is 0.176. The summed E-state index contributed by atoms with van der Waals surface area (Å²) in [6.07, 6.45) is 1.94. The Morgan fingerprint density at radius 1 is 1.20 bits per heavy atom. The molecule has 0 aromatic heterocycles. The Hall–Kier alpha value is -1.82. The van der Waals surface area contributed by atoms with Gasteiger partial charge in [0.15, 0.2) is 5.11 Å². The van der Waals surface area contributed by atoms with E-state index in [1.807, 2.05) is 6.07 Å². The molecule has 0 spiro atoms. The molecule has 1 amide bonds. The van der Waals surface area contributed by atoms with E-state index in [-0.39, 0.29) is 11.0 Å². The molecule has 0 bridgehead atoms. The van der Waals surface area contributed by atoms with Gasteiger partial charge in [0, 0.05) is 5.02 Å². The molecule has 2 aromatic rings. The zero-order valence-electron chi connectivity index (χ0n) is 13.6. The van der Waals surface area contributed by atoms with Gasteiger partial charge in [-0.25, -0.2) is 0 Å². The Balaban J connectivity index is 2.02. The second-order valence-corrected chi connectivity index (χ2v) is 6.48. The fourth-order valence-corrected chi connectivity index (χ4v) is 2.68. The Labute approximate surface area is 162 Å². The Kier molecular flexibility index (Phi) is 7.50. The third-order valence-corrected chi connectivity index (χ3v) is 4.05. The van der Waals surface area contributed by atoms with Crippen LogP contribution >= 0.6 is 35.4 Å². The number of benzene rings is 2. The number of halogens is 2. The number of para-hydroxylation sites is 1. The number of hydrogen-bond acceptors (Lipinski definition) is 3. The minimum atomic E-state index is -0.352. The monoisotopic (exact) mass is 396 g/mol. The van der Waals surface area contributed by atoms with E-state index < -0.39 is 0 Å². The Morgan fingerprint density at radius 3 is 2.68 bits per heavy atom. The molecule has 0 unspecified atom stereocenters. The minimum Gasteiger partial charge on any atom is -0.493 e. The smallest absolute Gasteiger partial charge is 0.261 e. The summed E-state index contributed by atoms with van der Waals surface area (Å²) >= 11 is 17.1. The molecule has 132 valence electrons. The van der Waals surface area contributed by atoms with Crippen LogP contribution in [0, 0.1) is 0 Å². The molecular weight excluding hydrogens is 379 g/mol. The van der Waals surface area contributed by atoms with E-state index >= 15 is 0 Å². The fraction of sp³-hybridized carbons (Fsp3) is 0.222. The molecule has 0 atom stereocenters. The van der Waals surface area contributed by atoms with E-state index in [2.05, 4.69) is 17.6 Å². The van der Waals surface area contributed by atoms with E-state index in [1.165, 1.54) is 0 Å². The molecule has 0 heterocycles. The van der Waals surface area contributed by atoms with Crippen molar-refractivity contribution in [2.24, 2.45) is 0 Å². The topological polar surface area (TPSA) is 50.4 Å². The number of rotatable bonds is 6. The number of carbonyl (C=O) groups excluding carboxylic acids is 1. The molecule has 2 N–H and O–H groups in total. The Bertz CT molecular complexity index is 768. The highest BCUT2D eigenvalue weighted by atomic mass is 35.5. The van der Waals surface area contributed by atoms with Gasteiger partial charge in [-0.3, -0.25) is 10.1 Å². The highest BCUT2D eigenvalue weighted by molar-refractivity contribution is 7.80. The van der Waals surface area contributed by atoms with Crippen molar-refractivity contribution in [1.82, 2.24) is 5.32 Å². The van der Waals surface area contributed by atoms with Crippen LogP contribution < -0.4 is 15.4 Å². The van der Waals surface area contributed by atoms with Crippen LogP contribution in [0.4, 0.5) is 5.69 Å². The number of unbranched alkanes of at least 4 members (excludes halogenated alkanes) is 1. The third-order valence-electron chi connectivity index (χ3n) is 3.29. The number of nitrogens with one attached hydrogen (secondary N) is 2. The summed E-state index contributed by atoms with van der Waals surface area (Å²) in [6.45, 7) is 2.64. The van der Waals surface area contributed by atoms with Crippen molar-refractivity contribution in [3.05, 3.63) is 58.1 Å². The summed E-state index contributed by atoms with van der Waals surface area (Å²) < 4.78 is 5.67. The second-order valence-electron chi connectivity index (χ2n) is 5.23. The SMILES string of the molecule is CCCCOc1ccccc1C(=O)NC(=S)Nc1ccc(Cl)cc1Cl. The van der Waals surface area contributed by atoms with Crippen LogP contribution in [0.2, 0.25) is 10.0 Å². The van der Waals surface area contributed by atoms with Crippen molar-refractivity contribution in [3.63, 3.8) is 0 Å². The van der Waals surface area contributed by atoms with Gasteiger partial charge >= 0.3 is 0 Å². The zero-order valence-corrected chi connectivity index (χ0v) is 16.0. The van der Waals surface area contributed by atoms with Crippen molar-refractivity contribution in [2.75, 3.05) is 11.9 Å². The van der Waals surface area contributed by atoms with E-state index in [1.54, 1.807) is 36.4 Å². The molecule has 2 rings (SSSR count). The minimum absolute atomic E-state index is 0.137. The fourth-order valence-electron chi connectivity index (χ4n) is 2.02. The van der Waals surface area contributed by atoms with Crippen LogP contribution in [0.3, 0.4) is 0 Å². The molecule has 0 fully saturated rings. The van der Waals surface area contributed by atoms with Crippen molar-refractivity contribution >= 4 is 52.1 Å². The molecule has 7 heteroatoms. The van der Waals surface area contributed by atoms with Crippen molar-refractivity contribution in [3.8, 4) is 5.75 Å². The predicted octanol–water partition coefficient (Wildman–Crippen LogP) is 5.30. The van der Waals surface area contributed by atoms with Crippen LogP contribution in [0.15, 0.2) is 42.5 Å². The van der Waals surface area contributed by atoms with Gasteiger partial charge in [-0.1, -0.05) is 48.7 Å². The average Bonchev–Trinajstić information content (AvgIpc) is 2.58. The van der Waals surface area contributed by atoms with Crippen LogP contribution in [0.25, 0.3) is 0 Å². The second kappa shape index (κ2) is 9.61. The first-order valence-electron chi connectivity index (χ1n) is 7.80. The lowest BCUT2D eigenvalue weighted by molar-refractivity contribution is 0.0973. The van der Waals surface area contributed by atoms with Gasteiger partial charge in [0.2, 0.25) is 0 Å². The van der Waals surface area contributed by atoms with Crippen LogP contribution in [-0.2, 0) is 0 Å². The summed E-state index contributed by atoms with van der Waals surface area (Å²) in [7, 11) is 0. The largest absolute Gasteiger partial charge is 0.493 e. The lowest BCUT2D eigenvalue weighted by Gasteiger charge is -2.13. The first-order valence-corrected chi connectivity index (χ1v) is 8.97. The third kappa shape index (κ3) is 5.88. The van der Waals surface area contributed by atoms with E-state index in [4.69, 9.17) is 40.2 Å². The lowest BCUT2D eigenvalue weighted by atomic mass is 10.2. The molecule has 0 saturated heterocycles. The van der Waals surface area contributed by atoms with Crippen LogP contribution in [-0.4, -0.2) is 17.6 Å². The molecule has 0 aliphatic rings. The van der Waals surface area contributed by atoms with Crippen molar-refractivity contribution < 1.29 is 9.53 Å². The number of amides is 1. The summed E-state index contributed by atoms with van der Waals surface area (Å²) in [5.41, 5.74) is 0.980. The van der Waals surface area contributed by atoms with Crippen molar-refractivity contribution in [2.45, 2.75) is 19.8 Å². The first-order chi connectivity index (χ1) is 12.0. The summed E-state index contributed by atoms with van der Waals surface area (Å²) in [4.78, 5) is 12.5. The number of carbonyl (C=O) groups is 1. The molecular formula is C18H18Cl2N2O2S. The molecule has 2 aromatic carbocycles. The molecule has 0 saturated carbocycles. The summed E-state index contributed by atoms with van der Waals surface area (Å²) in [6, 6.07) is 12.0. The van der Waals surface area contributed by atoms with Gasteiger partial charge in [-0.15, -0.1) is 0 Å². The quantitative estimate of drug-likeness (QED) is 0.513. The predicted molar refractivity (Wildman–Crippen MR) is 107 cm³/mol. The maximum Gasteiger partial charge on any atom is 0.261 e. The number of thiocarbonyl (C=S) groups is 1. The normalized spacial score (nSPS) is 10.2. The van der Waals surface area contributed by atoms with Gasteiger partial charge in [0.25, 0.3) is 5.91 Å². The lowest BCUT2D eigenvalue weighted by Crippen LogP contribution is -2.34. The standard InChI is InChI=1S/C18H18Cl2N2O2S/c1-2-3-10-24-16-7-5-4-6-13(16)17(23)22-18(25)21-15-9-8-12(19)11-14(15)20/h4-9,11H,2-3,10H2,1H3,(H2,21,22,23,25). The van der Waals surface area contributed by atoms with E-state index in [0.29, 0.717) is 33.7 Å². The molecule has 25 heavy (non-hydrogen) atoms. The highest BCUT2D eigenvalue weighted by Crippen LogP contribution is 2.25. The van der Waals surface area contributed by atoms with E-state index in [9.17, 15) is 4.79 Å². The summed E-state index contributed by atoms with van der Waals surface area (Å²) in [5, 5.41) is 6.57. The van der Waals surface area contributed by atoms with Gasteiger partial charge in [-0.2, -0.15) is 0 Å². The van der Waals surface area contributed by atoms with Crippen LogP contribution in [0.5, 0.6) is 5.75 Å². The van der Waals surface area contributed by atoms with Gasteiger partial charge in [0.1, 0.15) is 5.75 Å². The van der Waals surface area contributed by atoms with Gasteiger partial charge < -0.3 is 10.1 Å². The number of anilines is 1. The average molecular weight is 397 g/mol. The van der Waals surface area contributed by atoms with Gasteiger partial charge in [0.05, 0.1) is 22.9 Å².